The predicted molar refractivity (Wildman–Crippen MR) is 97.3 cm³/mol. The first-order valence-corrected chi connectivity index (χ1v) is 8.62. The van der Waals surface area contributed by atoms with Crippen molar-refractivity contribution in [2.45, 2.75) is 25.4 Å². The molecular formula is C19H18ClN3O2. The molecule has 0 bridgehead atoms. The Kier molecular flexibility index (Phi) is 4.09. The van der Waals surface area contributed by atoms with Gasteiger partial charge in [0.25, 0.3) is 0 Å². The van der Waals surface area contributed by atoms with Crippen molar-refractivity contribution in [3.63, 3.8) is 0 Å². The Morgan fingerprint density at radius 2 is 1.88 bits per heavy atom. The number of halogens is 1. The van der Waals surface area contributed by atoms with Gasteiger partial charge in [-0.3, -0.25) is 4.57 Å². The van der Waals surface area contributed by atoms with E-state index in [-0.39, 0.29) is 11.7 Å². The van der Waals surface area contributed by atoms with E-state index in [2.05, 4.69) is 5.10 Å². The number of hydrogen-bond donors (Lipinski definition) is 0. The van der Waals surface area contributed by atoms with Gasteiger partial charge in [-0.2, -0.15) is 0 Å². The van der Waals surface area contributed by atoms with E-state index in [1.165, 1.54) is 4.68 Å². The fourth-order valence-electron chi connectivity index (χ4n) is 2.98. The van der Waals surface area contributed by atoms with Crippen LogP contribution >= 0.6 is 11.6 Å². The first kappa shape index (κ1) is 16.0. The Bertz CT molecular complexity index is 956. The largest absolute Gasteiger partial charge is 0.496 e. The molecular weight excluding hydrogens is 338 g/mol. The monoisotopic (exact) mass is 355 g/mol. The van der Waals surface area contributed by atoms with E-state index in [0.29, 0.717) is 17.4 Å². The van der Waals surface area contributed by atoms with Gasteiger partial charge in [0.1, 0.15) is 5.75 Å². The van der Waals surface area contributed by atoms with Crippen LogP contribution in [0.4, 0.5) is 0 Å². The summed E-state index contributed by atoms with van der Waals surface area (Å²) in [5, 5.41) is 5.27. The zero-order chi connectivity index (χ0) is 17.4. The average Bonchev–Trinajstić information content (AvgIpc) is 3.41. The third-order valence-electron chi connectivity index (χ3n) is 4.40. The molecule has 0 N–H and O–H groups in total. The lowest BCUT2D eigenvalue weighted by molar-refractivity contribution is 0.407. The number of rotatable bonds is 5. The quantitative estimate of drug-likeness (QED) is 0.700. The van der Waals surface area contributed by atoms with Crippen LogP contribution in [-0.2, 0) is 6.54 Å². The van der Waals surface area contributed by atoms with Crippen LogP contribution < -0.4 is 10.4 Å². The van der Waals surface area contributed by atoms with Crippen LogP contribution in [0.2, 0.25) is 5.02 Å². The SMILES string of the molecule is COc1ccccc1Cn1nc(-c2ccc(Cl)cc2)n(C2CC2)c1=O. The zero-order valence-electron chi connectivity index (χ0n) is 13.9. The van der Waals surface area contributed by atoms with E-state index in [0.717, 1.165) is 29.7 Å². The maximum Gasteiger partial charge on any atom is 0.346 e. The van der Waals surface area contributed by atoms with E-state index in [1.807, 2.05) is 48.5 Å². The zero-order valence-corrected chi connectivity index (χ0v) is 14.6. The number of ether oxygens (including phenoxy) is 1. The summed E-state index contributed by atoms with van der Waals surface area (Å²) in [6, 6.07) is 15.3. The predicted octanol–water partition coefficient (Wildman–Crippen LogP) is 3.76. The van der Waals surface area contributed by atoms with Gasteiger partial charge in [0, 0.05) is 22.2 Å². The minimum atomic E-state index is -0.0849. The van der Waals surface area contributed by atoms with Crippen LogP contribution in [0.5, 0.6) is 5.75 Å². The minimum absolute atomic E-state index is 0.0849. The molecule has 1 heterocycles. The van der Waals surface area contributed by atoms with Gasteiger partial charge in [-0.15, -0.1) is 5.10 Å². The summed E-state index contributed by atoms with van der Waals surface area (Å²) in [6.07, 6.45) is 2.03. The molecule has 2 aromatic carbocycles. The average molecular weight is 356 g/mol. The summed E-state index contributed by atoms with van der Waals surface area (Å²) in [6.45, 7) is 0.378. The molecule has 3 aromatic rings. The lowest BCUT2D eigenvalue weighted by Crippen LogP contribution is -2.25. The van der Waals surface area contributed by atoms with Crippen molar-refractivity contribution in [3.8, 4) is 17.1 Å². The van der Waals surface area contributed by atoms with Gasteiger partial charge in [0.15, 0.2) is 5.82 Å². The van der Waals surface area contributed by atoms with E-state index < -0.39 is 0 Å². The van der Waals surface area contributed by atoms with Crippen LogP contribution in [0.15, 0.2) is 53.3 Å². The fourth-order valence-corrected chi connectivity index (χ4v) is 3.10. The van der Waals surface area contributed by atoms with E-state index in [4.69, 9.17) is 16.3 Å². The van der Waals surface area contributed by atoms with Crippen molar-refractivity contribution in [1.29, 1.82) is 0 Å². The Labute approximate surface area is 150 Å². The normalized spacial score (nSPS) is 13.8. The van der Waals surface area contributed by atoms with Gasteiger partial charge in [-0.05, 0) is 43.2 Å². The summed E-state index contributed by atoms with van der Waals surface area (Å²) in [5.41, 5.74) is 1.74. The lowest BCUT2D eigenvalue weighted by atomic mass is 10.2. The first-order valence-electron chi connectivity index (χ1n) is 8.24. The first-order chi connectivity index (χ1) is 12.2. The van der Waals surface area contributed by atoms with Crippen LogP contribution in [0.25, 0.3) is 11.4 Å². The Morgan fingerprint density at radius 3 is 2.56 bits per heavy atom. The second kappa shape index (κ2) is 6.41. The van der Waals surface area contributed by atoms with Gasteiger partial charge < -0.3 is 4.74 Å². The van der Waals surface area contributed by atoms with Crippen LogP contribution in [0.3, 0.4) is 0 Å². The summed E-state index contributed by atoms with van der Waals surface area (Å²) < 4.78 is 8.71. The Hall–Kier alpha value is -2.53. The van der Waals surface area contributed by atoms with Crippen molar-refractivity contribution in [1.82, 2.24) is 14.3 Å². The number of hydrogen-bond acceptors (Lipinski definition) is 3. The van der Waals surface area contributed by atoms with Crippen molar-refractivity contribution < 1.29 is 4.74 Å². The third kappa shape index (κ3) is 3.07. The second-order valence-electron chi connectivity index (χ2n) is 6.18. The number of para-hydroxylation sites is 1. The highest BCUT2D eigenvalue weighted by molar-refractivity contribution is 6.30. The maximum atomic E-state index is 12.9. The Morgan fingerprint density at radius 1 is 1.16 bits per heavy atom. The molecule has 1 aliphatic carbocycles. The molecule has 0 amide bonds. The van der Waals surface area contributed by atoms with Crippen LogP contribution in [0, 0.1) is 0 Å². The highest BCUT2D eigenvalue weighted by atomic mass is 35.5. The molecule has 1 aliphatic rings. The molecule has 1 aromatic heterocycles. The number of benzene rings is 2. The Balaban J connectivity index is 1.78. The molecule has 0 saturated heterocycles. The number of methoxy groups -OCH3 is 1. The molecule has 6 heteroatoms. The molecule has 0 aliphatic heterocycles. The molecule has 1 fully saturated rings. The highest BCUT2D eigenvalue weighted by Crippen LogP contribution is 2.36. The van der Waals surface area contributed by atoms with Crippen molar-refractivity contribution in [2.24, 2.45) is 0 Å². The van der Waals surface area contributed by atoms with Gasteiger partial charge >= 0.3 is 5.69 Å². The van der Waals surface area contributed by atoms with Gasteiger partial charge in [0.05, 0.1) is 13.7 Å². The summed E-state index contributed by atoms with van der Waals surface area (Å²) >= 11 is 5.98. The molecule has 128 valence electrons. The van der Waals surface area contributed by atoms with E-state index >= 15 is 0 Å². The molecule has 0 spiro atoms. The molecule has 4 rings (SSSR count). The van der Waals surface area contributed by atoms with Crippen molar-refractivity contribution >= 4 is 11.6 Å². The highest BCUT2D eigenvalue weighted by Gasteiger charge is 2.30. The summed E-state index contributed by atoms with van der Waals surface area (Å²) in [5.74, 6) is 1.45. The molecule has 25 heavy (non-hydrogen) atoms. The number of nitrogens with zero attached hydrogens (tertiary/aromatic N) is 3. The molecule has 0 atom stereocenters. The smallest absolute Gasteiger partial charge is 0.346 e. The standard InChI is InChI=1S/C19H18ClN3O2/c1-25-17-5-3-2-4-14(17)12-22-19(24)23(16-10-11-16)18(21-22)13-6-8-15(20)9-7-13/h2-9,16H,10-12H2,1H3. The summed E-state index contributed by atoms with van der Waals surface area (Å²) in [4.78, 5) is 12.9. The molecule has 1 saturated carbocycles. The third-order valence-corrected chi connectivity index (χ3v) is 4.65. The minimum Gasteiger partial charge on any atom is -0.496 e. The van der Waals surface area contributed by atoms with Gasteiger partial charge in [-0.1, -0.05) is 29.8 Å². The maximum absolute atomic E-state index is 12.9. The van der Waals surface area contributed by atoms with Gasteiger partial charge in [-0.25, -0.2) is 9.48 Å². The topological polar surface area (TPSA) is 49.0 Å². The van der Waals surface area contributed by atoms with Gasteiger partial charge in [0.2, 0.25) is 0 Å². The molecule has 5 nitrogen and oxygen atoms in total. The van der Waals surface area contributed by atoms with Crippen molar-refractivity contribution in [3.05, 3.63) is 69.6 Å². The van der Waals surface area contributed by atoms with Crippen molar-refractivity contribution in [2.75, 3.05) is 7.11 Å². The molecule has 0 unspecified atom stereocenters. The van der Waals surface area contributed by atoms with Crippen LogP contribution in [-0.4, -0.2) is 21.5 Å². The fraction of sp³-hybridized carbons (Fsp3) is 0.263. The summed E-state index contributed by atoms with van der Waals surface area (Å²) in [7, 11) is 1.63. The molecule has 0 radical (unpaired) electrons. The number of aromatic nitrogens is 3. The van der Waals surface area contributed by atoms with Crippen LogP contribution in [0.1, 0.15) is 24.4 Å². The lowest BCUT2D eigenvalue weighted by Gasteiger charge is -2.07. The second-order valence-corrected chi connectivity index (χ2v) is 6.62. The van der Waals surface area contributed by atoms with E-state index in [9.17, 15) is 4.79 Å². The van der Waals surface area contributed by atoms with E-state index in [1.54, 1.807) is 11.7 Å².